The van der Waals surface area contributed by atoms with Crippen molar-refractivity contribution in [3.63, 3.8) is 0 Å². The first kappa shape index (κ1) is 12.3. The number of piperidine rings is 1. The van der Waals surface area contributed by atoms with Crippen molar-refractivity contribution in [3.05, 3.63) is 0 Å². The van der Waals surface area contributed by atoms with Crippen molar-refractivity contribution in [3.8, 4) is 0 Å². The van der Waals surface area contributed by atoms with Gasteiger partial charge in [-0.2, -0.15) is 0 Å². The van der Waals surface area contributed by atoms with Crippen molar-refractivity contribution >= 4 is 0 Å². The fourth-order valence-electron chi connectivity index (χ4n) is 2.64. The van der Waals surface area contributed by atoms with E-state index >= 15 is 0 Å². The lowest BCUT2D eigenvalue weighted by Crippen LogP contribution is -2.45. The molecule has 0 bridgehead atoms. The number of rotatable bonds is 3. The lowest BCUT2D eigenvalue weighted by atomic mass is 9.82. The molecule has 0 aromatic heterocycles. The third-order valence-electron chi connectivity index (χ3n) is 4.24. The second-order valence-electron chi connectivity index (χ2n) is 5.88. The molecule has 0 spiro atoms. The molecule has 2 rings (SSSR count). The molecule has 2 saturated heterocycles. The van der Waals surface area contributed by atoms with Crippen LogP contribution in [0, 0.1) is 5.41 Å². The molecule has 3 heteroatoms. The van der Waals surface area contributed by atoms with E-state index < -0.39 is 0 Å². The van der Waals surface area contributed by atoms with Crippen molar-refractivity contribution in [2.45, 2.75) is 38.6 Å². The molecule has 0 aromatic carbocycles. The Bertz CT molecular complexity index is 206. The Morgan fingerprint density at radius 1 is 1.25 bits per heavy atom. The molecule has 1 N–H and O–H groups in total. The molecule has 16 heavy (non-hydrogen) atoms. The van der Waals surface area contributed by atoms with Gasteiger partial charge in [-0.3, -0.25) is 0 Å². The Labute approximate surface area is 99.5 Å². The Balaban J connectivity index is 1.70. The van der Waals surface area contributed by atoms with Crippen LogP contribution in [0.5, 0.6) is 0 Å². The third-order valence-corrected chi connectivity index (χ3v) is 4.24. The summed E-state index contributed by atoms with van der Waals surface area (Å²) in [5.74, 6) is 0. The van der Waals surface area contributed by atoms with Crippen LogP contribution in [0.1, 0.15) is 32.6 Å². The van der Waals surface area contributed by atoms with Crippen LogP contribution in [0.15, 0.2) is 0 Å². The Hall–Kier alpha value is -0.120. The van der Waals surface area contributed by atoms with Crippen LogP contribution >= 0.6 is 0 Å². The Morgan fingerprint density at radius 2 is 1.88 bits per heavy atom. The summed E-state index contributed by atoms with van der Waals surface area (Å²) in [6.45, 7) is 7.97. The van der Waals surface area contributed by atoms with Crippen LogP contribution in [-0.4, -0.2) is 50.8 Å². The molecule has 94 valence electrons. The number of nitrogens with zero attached hydrogens (tertiary/aromatic N) is 1. The van der Waals surface area contributed by atoms with Crippen LogP contribution in [0.4, 0.5) is 0 Å². The van der Waals surface area contributed by atoms with Crippen molar-refractivity contribution in [2.75, 3.05) is 39.9 Å². The fraction of sp³-hybridized carbons (Fsp3) is 1.00. The normalized spacial score (nSPS) is 28.1. The smallest absolute Gasteiger partial charge is 0.0471 e. The lowest BCUT2D eigenvalue weighted by molar-refractivity contribution is 0.0218. The van der Waals surface area contributed by atoms with Crippen LogP contribution in [0.3, 0.4) is 0 Å². The van der Waals surface area contributed by atoms with E-state index in [0.29, 0.717) is 5.41 Å². The number of ether oxygens (including phenoxy) is 1. The molecule has 2 aliphatic heterocycles. The van der Waals surface area contributed by atoms with E-state index in [1.807, 2.05) is 0 Å². The highest BCUT2D eigenvalue weighted by Gasteiger charge is 2.28. The molecule has 0 unspecified atom stereocenters. The lowest BCUT2D eigenvalue weighted by Gasteiger charge is -2.37. The molecular weight excluding hydrogens is 200 g/mol. The number of likely N-dealkylation sites (tertiary alicyclic amines) is 1. The zero-order chi connectivity index (χ0) is 11.4. The first-order valence-electron chi connectivity index (χ1n) is 6.68. The maximum Gasteiger partial charge on any atom is 0.0471 e. The zero-order valence-corrected chi connectivity index (χ0v) is 10.8. The first-order valence-corrected chi connectivity index (χ1v) is 6.68. The molecule has 0 aromatic rings. The van der Waals surface area contributed by atoms with E-state index in [9.17, 15) is 0 Å². The van der Waals surface area contributed by atoms with Crippen LogP contribution in [0.2, 0.25) is 0 Å². The minimum absolute atomic E-state index is 0.474. The average Bonchev–Trinajstić information content (AvgIpc) is 2.29. The predicted octanol–water partition coefficient (Wildman–Crippen LogP) is 1.49. The van der Waals surface area contributed by atoms with Crippen LogP contribution < -0.4 is 5.32 Å². The summed E-state index contributed by atoms with van der Waals surface area (Å²) >= 11 is 0. The Morgan fingerprint density at radius 3 is 2.50 bits per heavy atom. The quantitative estimate of drug-likeness (QED) is 0.789. The summed E-state index contributed by atoms with van der Waals surface area (Å²) in [6, 6.07) is 0.746. The highest BCUT2D eigenvalue weighted by Crippen LogP contribution is 2.29. The molecule has 2 aliphatic rings. The second-order valence-corrected chi connectivity index (χ2v) is 5.88. The van der Waals surface area contributed by atoms with Gasteiger partial charge in [0.25, 0.3) is 0 Å². The summed E-state index contributed by atoms with van der Waals surface area (Å²) in [5.41, 5.74) is 0.474. The van der Waals surface area contributed by atoms with Crippen LogP contribution in [-0.2, 0) is 4.74 Å². The highest BCUT2D eigenvalue weighted by molar-refractivity contribution is 4.83. The highest BCUT2D eigenvalue weighted by atomic mass is 16.5. The van der Waals surface area contributed by atoms with Gasteiger partial charge in [0, 0.05) is 25.8 Å². The molecule has 0 atom stereocenters. The van der Waals surface area contributed by atoms with Gasteiger partial charge in [-0.1, -0.05) is 6.92 Å². The van der Waals surface area contributed by atoms with Crippen molar-refractivity contribution < 1.29 is 4.74 Å². The van der Waals surface area contributed by atoms with Gasteiger partial charge < -0.3 is 15.0 Å². The maximum absolute atomic E-state index is 5.44. The van der Waals surface area contributed by atoms with Gasteiger partial charge in [0.1, 0.15) is 0 Å². The topological polar surface area (TPSA) is 24.5 Å². The van der Waals surface area contributed by atoms with E-state index in [1.54, 1.807) is 0 Å². The number of nitrogens with one attached hydrogen (secondary N) is 1. The third kappa shape index (κ3) is 3.44. The van der Waals surface area contributed by atoms with Crippen LogP contribution in [0.25, 0.3) is 0 Å². The summed E-state index contributed by atoms with van der Waals surface area (Å²) in [5, 5.41) is 3.77. The summed E-state index contributed by atoms with van der Waals surface area (Å²) < 4.78 is 5.44. The average molecular weight is 226 g/mol. The van der Waals surface area contributed by atoms with Crippen molar-refractivity contribution in [1.29, 1.82) is 0 Å². The molecule has 2 fully saturated rings. The molecule has 0 amide bonds. The van der Waals surface area contributed by atoms with Gasteiger partial charge >= 0.3 is 0 Å². The standard InChI is InChI=1S/C13H26N2O/c1-13(5-9-16-10-6-13)11-14-12-3-7-15(2)8-4-12/h12,14H,3-11H2,1-2H3. The summed E-state index contributed by atoms with van der Waals surface area (Å²) in [7, 11) is 2.22. The monoisotopic (exact) mass is 226 g/mol. The Kier molecular flexibility index (Phi) is 4.22. The molecule has 0 radical (unpaired) electrons. The summed E-state index contributed by atoms with van der Waals surface area (Å²) in [6.07, 6.45) is 5.05. The number of hydrogen-bond acceptors (Lipinski definition) is 3. The molecular formula is C13H26N2O. The van der Waals surface area contributed by atoms with Crippen molar-refractivity contribution in [1.82, 2.24) is 10.2 Å². The largest absolute Gasteiger partial charge is 0.381 e. The molecule has 0 aliphatic carbocycles. The number of hydrogen-bond donors (Lipinski definition) is 1. The fourth-order valence-corrected chi connectivity index (χ4v) is 2.64. The summed E-state index contributed by atoms with van der Waals surface area (Å²) in [4.78, 5) is 2.42. The van der Waals surface area contributed by atoms with Gasteiger partial charge in [0.15, 0.2) is 0 Å². The molecule has 3 nitrogen and oxygen atoms in total. The van der Waals surface area contributed by atoms with E-state index in [-0.39, 0.29) is 0 Å². The van der Waals surface area contributed by atoms with E-state index in [2.05, 4.69) is 24.2 Å². The van der Waals surface area contributed by atoms with Gasteiger partial charge in [0.2, 0.25) is 0 Å². The zero-order valence-electron chi connectivity index (χ0n) is 10.8. The molecule has 2 heterocycles. The second kappa shape index (κ2) is 5.48. The van der Waals surface area contributed by atoms with E-state index in [4.69, 9.17) is 4.74 Å². The minimum Gasteiger partial charge on any atom is -0.381 e. The van der Waals surface area contributed by atoms with E-state index in [1.165, 1.54) is 45.3 Å². The van der Waals surface area contributed by atoms with Gasteiger partial charge in [-0.05, 0) is 51.2 Å². The maximum atomic E-state index is 5.44. The first-order chi connectivity index (χ1) is 7.68. The van der Waals surface area contributed by atoms with Gasteiger partial charge in [-0.25, -0.2) is 0 Å². The SMILES string of the molecule is CN1CCC(NCC2(C)CCOCC2)CC1. The van der Waals surface area contributed by atoms with E-state index in [0.717, 1.165) is 19.3 Å². The predicted molar refractivity (Wildman–Crippen MR) is 66.7 cm³/mol. The molecule has 0 saturated carbocycles. The van der Waals surface area contributed by atoms with Gasteiger partial charge in [0.05, 0.1) is 0 Å². The van der Waals surface area contributed by atoms with Gasteiger partial charge in [-0.15, -0.1) is 0 Å². The minimum atomic E-state index is 0.474. The van der Waals surface area contributed by atoms with Crippen molar-refractivity contribution in [2.24, 2.45) is 5.41 Å².